The average molecular weight is 574 g/mol. The molecule has 1 fully saturated rings. The Morgan fingerprint density at radius 3 is 2.45 bits per heavy atom. The molecule has 3 N–H and O–H groups in total. The van der Waals surface area contributed by atoms with Crippen LogP contribution in [0.25, 0.3) is 10.9 Å². The maximum atomic E-state index is 13.1. The molecule has 1 aliphatic carbocycles. The number of carbonyl (C=O) groups excluding carboxylic acids is 2. The van der Waals surface area contributed by atoms with Crippen LogP contribution in [0.3, 0.4) is 0 Å². The molecule has 0 saturated heterocycles. The highest BCUT2D eigenvalue weighted by Crippen LogP contribution is 2.37. The minimum absolute atomic E-state index is 0.0286. The number of halogens is 1. The highest BCUT2D eigenvalue weighted by molar-refractivity contribution is 6.04. The minimum atomic E-state index is -0.766. The summed E-state index contributed by atoms with van der Waals surface area (Å²) in [7, 11) is 1.54. The molecule has 5 rings (SSSR count). The van der Waals surface area contributed by atoms with Gasteiger partial charge in [-0.3, -0.25) is 14.6 Å². The van der Waals surface area contributed by atoms with Crippen LogP contribution in [-0.2, 0) is 9.53 Å². The maximum absolute atomic E-state index is 13.1. The van der Waals surface area contributed by atoms with Crippen molar-refractivity contribution in [2.24, 2.45) is 5.73 Å². The maximum Gasteiger partial charge on any atom is 0.323 e. The first-order valence-electron chi connectivity index (χ1n) is 13.8. The molecule has 4 aromatic rings. The highest BCUT2D eigenvalue weighted by Gasteiger charge is 2.23. The first kappa shape index (κ1) is 28.8. The third-order valence-corrected chi connectivity index (χ3v) is 7.01. The van der Waals surface area contributed by atoms with E-state index in [2.05, 4.69) is 10.3 Å². The number of ether oxygens (including phenoxy) is 4. The Morgan fingerprint density at radius 2 is 1.74 bits per heavy atom. The van der Waals surface area contributed by atoms with Gasteiger partial charge in [-0.15, -0.1) is 0 Å². The van der Waals surface area contributed by atoms with E-state index < -0.39 is 17.8 Å². The van der Waals surface area contributed by atoms with Gasteiger partial charge in [0.1, 0.15) is 29.5 Å². The van der Waals surface area contributed by atoms with E-state index in [-0.39, 0.29) is 18.6 Å². The predicted molar refractivity (Wildman–Crippen MR) is 156 cm³/mol. The molecule has 0 bridgehead atoms. The second-order valence-electron chi connectivity index (χ2n) is 10.0. The number of nitrogens with two attached hydrogens (primary N) is 1. The normalized spacial score (nSPS) is 13.9. The van der Waals surface area contributed by atoms with Crippen LogP contribution >= 0.6 is 0 Å². The van der Waals surface area contributed by atoms with Gasteiger partial charge in [-0.1, -0.05) is 0 Å². The number of benzene rings is 3. The molecule has 218 valence electrons. The number of pyridine rings is 1. The molecule has 1 atom stereocenters. The summed E-state index contributed by atoms with van der Waals surface area (Å²) >= 11 is 0. The van der Waals surface area contributed by atoms with Gasteiger partial charge < -0.3 is 30.0 Å². The van der Waals surface area contributed by atoms with Gasteiger partial charge in [-0.05, 0) is 86.3 Å². The van der Waals surface area contributed by atoms with Gasteiger partial charge in [0.25, 0.3) is 5.91 Å². The number of nitrogens with one attached hydrogen (secondary N) is 1. The van der Waals surface area contributed by atoms with Crippen molar-refractivity contribution in [2.75, 3.05) is 19.0 Å². The number of aromatic nitrogens is 1. The largest absolute Gasteiger partial charge is 0.493 e. The van der Waals surface area contributed by atoms with Gasteiger partial charge in [-0.2, -0.15) is 0 Å². The summed E-state index contributed by atoms with van der Waals surface area (Å²) in [5, 5.41) is 3.48. The SMILES string of the molecule is COc1cc2c(Oc3ccc(NC(=O)c4ccc(F)cc4)cc3)ccnc2cc1OCCC(N)C(=O)OC1CCCC1. The zero-order chi connectivity index (χ0) is 29.5. The van der Waals surface area contributed by atoms with Gasteiger partial charge >= 0.3 is 5.97 Å². The average Bonchev–Trinajstić information content (AvgIpc) is 3.51. The van der Waals surface area contributed by atoms with Crippen LogP contribution < -0.4 is 25.3 Å². The van der Waals surface area contributed by atoms with Crippen molar-refractivity contribution in [1.82, 2.24) is 4.98 Å². The molecular formula is C32H32FN3O6. The number of nitrogens with zero attached hydrogens (tertiary/aromatic N) is 1. The fourth-order valence-corrected chi connectivity index (χ4v) is 4.70. The molecular weight excluding hydrogens is 541 g/mol. The molecule has 0 spiro atoms. The summed E-state index contributed by atoms with van der Waals surface area (Å²) in [6.45, 7) is 0.197. The third kappa shape index (κ3) is 7.13. The van der Waals surface area contributed by atoms with Crippen LogP contribution in [0.5, 0.6) is 23.0 Å². The monoisotopic (exact) mass is 573 g/mol. The molecule has 42 heavy (non-hydrogen) atoms. The Kier molecular flexibility index (Phi) is 9.13. The molecule has 1 amide bonds. The lowest BCUT2D eigenvalue weighted by Crippen LogP contribution is -2.35. The first-order chi connectivity index (χ1) is 20.4. The van der Waals surface area contributed by atoms with E-state index in [9.17, 15) is 14.0 Å². The summed E-state index contributed by atoms with van der Waals surface area (Å²) < 4.78 is 36.2. The molecule has 9 nitrogen and oxygen atoms in total. The second-order valence-corrected chi connectivity index (χ2v) is 10.0. The second kappa shape index (κ2) is 13.3. The summed E-state index contributed by atoms with van der Waals surface area (Å²) in [5.41, 5.74) is 7.56. The van der Waals surface area contributed by atoms with Gasteiger partial charge in [-0.25, -0.2) is 4.39 Å². The zero-order valence-electron chi connectivity index (χ0n) is 23.2. The topological polar surface area (TPSA) is 122 Å². The summed E-state index contributed by atoms with van der Waals surface area (Å²) in [4.78, 5) is 29.1. The van der Waals surface area contributed by atoms with Crippen LogP contribution in [0.4, 0.5) is 10.1 Å². The minimum Gasteiger partial charge on any atom is -0.493 e. The molecule has 1 aromatic heterocycles. The van der Waals surface area contributed by atoms with E-state index >= 15 is 0 Å². The number of rotatable bonds is 11. The molecule has 3 aromatic carbocycles. The lowest BCUT2D eigenvalue weighted by molar-refractivity contribution is -0.150. The first-order valence-corrected chi connectivity index (χ1v) is 13.8. The van der Waals surface area contributed by atoms with Crippen molar-refractivity contribution >= 4 is 28.5 Å². The van der Waals surface area contributed by atoms with Gasteiger partial charge in [0, 0.05) is 35.3 Å². The van der Waals surface area contributed by atoms with E-state index in [4.69, 9.17) is 24.7 Å². The van der Waals surface area contributed by atoms with Crippen LogP contribution in [0, 0.1) is 5.82 Å². The molecule has 1 unspecified atom stereocenters. The Labute approximate surface area is 242 Å². The van der Waals surface area contributed by atoms with E-state index in [1.54, 1.807) is 48.7 Å². The molecule has 0 radical (unpaired) electrons. The van der Waals surface area contributed by atoms with E-state index in [1.165, 1.54) is 31.4 Å². The summed E-state index contributed by atoms with van der Waals surface area (Å²) in [6.07, 6.45) is 5.83. The van der Waals surface area contributed by atoms with Crippen LogP contribution in [0.15, 0.2) is 72.9 Å². The van der Waals surface area contributed by atoms with E-state index in [1.807, 2.05) is 0 Å². The highest BCUT2D eigenvalue weighted by atomic mass is 19.1. The van der Waals surface area contributed by atoms with Crippen LogP contribution in [-0.4, -0.2) is 42.7 Å². The number of anilines is 1. The number of amides is 1. The number of hydrogen-bond acceptors (Lipinski definition) is 8. The van der Waals surface area contributed by atoms with Crippen molar-refractivity contribution in [3.63, 3.8) is 0 Å². The Morgan fingerprint density at radius 1 is 1.00 bits per heavy atom. The van der Waals surface area contributed by atoms with Crippen molar-refractivity contribution in [3.8, 4) is 23.0 Å². The zero-order valence-corrected chi connectivity index (χ0v) is 23.2. The van der Waals surface area contributed by atoms with E-state index in [0.717, 1.165) is 25.7 Å². The fourth-order valence-electron chi connectivity index (χ4n) is 4.70. The number of carbonyl (C=O) groups is 2. The van der Waals surface area contributed by atoms with Crippen molar-refractivity contribution < 1.29 is 32.9 Å². The molecule has 10 heteroatoms. The van der Waals surface area contributed by atoms with Gasteiger partial charge in [0.2, 0.25) is 0 Å². The lowest BCUT2D eigenvalue weighted by atomic mass is 10.1. The van der Waals surface area contributed by atoms with Gasteiger partial charge in [0.05, 0.1) is 19.2 Å². The summed E-state index contributed by atoms with van der Waals surface area (Å²) in [5.74, 6) is 0.872. The van der Waals surface area contributed by atoms with Crippen molar-refractivity contribution in [2.45, 2.75) is 44.2 Å². The van der Waals surface area contributed by atoms with Crippen LogP contribution in [0.2, 0.25) is 0 Å². The summed E-state index contributed by atoms with van der Waals surface area (Å²) in [6, 6.07) is 16.7. The van der Waals surface area contributed by atoms with Gasteiger partial charge in [0.15, 0.2) is 11.5 Å². The van der Waals surface area contributed by atoms with E-state index in [0.29, 0.717) is 51.6 Å². The molecule has 1 saturated carbocycles. The number of fused-ring (bicyclic) bond motifs is 1. The third-order valence-electron chi connectivity index (χ3n) is 7.01. The smallest absolute Gasteiger partial charge is 0.323 e. The molecule has 1 heterocycles. The number of esters is 1. The van der Waals surface area contributed by atoms with Crippen molar-refractivity contribution in [3.05, 3.63) is 84.3 Å². The predicted octanol–water partition coefficient (Wildman–Crippen LogP) is 6.01. The molecule has 0 aliphatic heterocycles. The molecule has 1 aliphatic rings. The number of hydrogen-bond donors (Lipinski definition) is 2. The number of methoxy groups -OCH3 is 1. The van der Waals surface area contributed by atoms with Crippen LogP contribution in [0.1, 0.15) is 42.5 Å². The Balaban J connectivity index is 1.22. The Hall–Kier alpha value is -4.70. The van der Waals surface area contributed by atoms with Crippen molar-refractivity contribution in [1.29, 1.82) is 0 Å². The quantitative estimate of drug-likeness (QED) is 0.209. The lowest BCUT2D eigenvalue weighted by Gasteiger charge is -2.17. The Bertz CT molecular complexity index is 1540. The fraction of sp³-hybridized carbons (Fsp3) is 0.281. The standard InChI is InChI=1S/C32H32FN3O6/c1-39-29-18-25-27(19-30(29)40-17-15-26(34)32(38)42-23-4-2-3-5-23)35-16-14-28(25)41-24-12-10-22(11-13-24)36-31(37)20-6-8-21(33)9-7-20/h6-14,16,18-19,23,26H,2-5,15,17,34H2,1H3,(H,36,37).